The van der Waals surface area contributed by atoms with Crippen LogP contribution in [0.3, 0.4) is 0 Å². The minimum atomic E-state index is -1.03. The summed E-state index contributed by atoms with van der Waals surface area (Å²) in [5.41, 5.74) is 1.62. The first-order valence-corrected chi connectivity index (χ1v) is 6.24. The molecule has 0 aliphatic rings. The summed E-state index contributed by atoms with van der Waals surface area (Å²) in [5, 5.41) is 9.67. The number of hydrogen-bond donors (Lipinski definition) is 1. The lowest BCUT2D eigenvalue weighted by Gasteiger charge is -2.11. The van der Waals surface area contributed by atoms with Crippen molar-refractivity contribution in [1.29, 1.82) is 0 Å². The van der Waals surface area contributed by atoms with E-state index in [9.17, 15) is 4.79 Å². The molecule has 0 aliphatic heterocycles. The van der Waals surface area contributed by atoms with E-state index >= 15 is 0 Å². The lowest BCUT2D eigenvalue weighted by atomic mass is 10.1. The number of carbonyl (C=O) groups is 1. The maximum Gasteiger partial charge on any atom is 0.339 e. The molecule has 20 heavy (non-hydrogen) atoms. The normalized spacial score (nSPS) is 10.4. The standard InChI is InChI=1S/C14H13ClN2O3/c1-7-12(14(18)19)8(2)17-13(16-7)10-5-4-9(15)6-11(10)20-3/h4-6H,1-3H3,(H,18,19). The van der Waals surface area contributed by atoms with Crippen LogP contribution < -0.4 is 4.74 Å². The molecule has 0 atom stereocenters. The zero-order valence-electron chi connectivity index (χ0n) is 11.3. The van der Waals surface area contributed by atoms with Gasteiger partial charge >= 0.3 is 5.97 Å². The van der Waals surface area contributed by atoms with Crippen LogP contribution in [0.25, 0.3) is 11.4 Å². The van der Waals surface area contributed by atoms with Gasteiger partial charge in [-0.25, -0.2) is 14.8 Å². The van der Waals surface area contributed by atoms with Crippen LogP contribution in [0.1, 0.15) is 21.7 Å². The highest BCUT2D eigenvalue weighted by molar-refractivity contribution is 6.30. The maximum atomic E-state index is 11.1. The molecule has 5 nitrogen and oxygen atoms in total. The van der Waals surface area contributed by atoms with Crippen molar-refractivity contribution in [3.63, 3.8) is 0 Å². The fraction of sp³-hybridized carbons (Fsp3) is 0.214. The molecule has 104 valence electrons. The van der Waals surface area contributed by atoms with Crippen molar-refractivity contribution < 1.29 is 14.6 Å². The fourth-order valence-electron chi connectivity index (χ4n) is 2.00. The first-order chi connectivity index (χ1) is 9.43. The first-order valence-electron chi connectivity index (χ1n) is 5.86. The summed E-state index contributed by atoms with van der Waals surface area (Å²) in [4.78, 5) is 19.6. The Kier molecular flexibility index (Phi) is 3.90. The SMILES string of the molecule is COc1cc(Cl)ccc1-c1nc(C)c(C(=O)O)c(C)n1. The highest BCUT2D eigenvalue weighted by atomic mass is 35.5. The number of aryl methyl sites for hydroxylation is 2. The van der Waals surface area contributed by atoms with Gasteiger partial charge in [0, 0.05) is 5.02 Å². The fourth-order valence-corrected chi connectivity index (χ4v) is 2.16. The summed E-state index contributed by atoms with van der Waals surface area (Å²) in [6, 6.07) is 5.12. The Balaban J connectivity index is 2.63. The minimum absolute atomic E-state index is 0.127. The van der Waals surface area contributed by atoms with Crippen molar-refractivity contribution in [3.05, 3.63) is 40.2 Å². The van der Waals surface area contributed by atoms with Gasteiger partial charge < -0.3 is 9.84 Å². The number of nitrogens with zero attached hydrogens (tertiary/aromatic N) is 2. The second-order valence-corrected chi connectivity index (χ2v) is 4.68. The van der Waals surface area contributed by atoms with Gasteiger partial charge in [0.15, 0.2) is 5.82 Å². The van der Waals surface area contributed by atoms with Gasteiger partial charge in [-0.05, 0) is 32.0 Å². The molecular formula is C14H13ClN2O3. The number of ether oxygens (including phenoxy) is 1. The van der Waals surface area contributed by atoms with Crippen molar-refractivity contribution in [2.24, 2.45) is 0 Å². The topological polar surface area (TPSA) is 72.3 Å². The second-order valence-electron chi connectivity index (χ2n) is 4.24. The van der Waals surface area contributed by atoms with E-state index in [0.29, 0.717) is 33.5 Å². The summed E-state index contributed by atoms with van der Waals surface area (Å²) in [6.45, 7) is 3.29. The smallest absolute Gasteiger partial charge is 0.339 e. The number of aromatic carboxylic acids is 1. The molecule has 0 saturated heterocycles. The van der Waals surface area contributed by atoms with Crippen molar-refractivity contribution in [2.75, 3.05) is 7.11 Å². The first kappa shape index (κ1) is 14.3. The Morgan fingerprint density at radius 2 is 1.85 bits per heavy atom. The van der Waals surface area contributed by atoms with Gasteiger partial charge in [0.05, 0.1) is 24.1 Å². The largest absolute Gasteiger partial charge is 0.496 e. The maximum absolute atomic E-state index is 11.1. The van der Waals surface area contributed by atoms with Gasteiger partial charge in [-0.3, -0.25) is 0 Å². The number of benzene rings is 1. The van der Waals surface area contributed by atoms with E-state index in [1.807, 2.05) is 0 Å². The molecule has 0 unspecified atom stereocenters. The van der Waals surface area contributed by atoms with Crippen molar-refractivity contribution in [1.82, 2.24) is 9.97 Å². The van der Waals surface area contributed by atoms with Gasteiger partial charge in [0.25, 0.3) is 0 Å². The van der Waals surface area contributed by atoms with E-state index in [-0.39, 0.29) is 5.56 Å². The van der Waals surface area contributed by atoms with Crippen LogP contribution in [0, 0.1) is 13.8 Å². The molecule has 0 bridgehead atoms. The van der Waals surface area contributed by atoms with Crippen LogP contribution in [0.2, 0.25) is 5.02 Å². The summed E-state index contributed by atoms with van der Waals surface area (Å²) in [5.74, 6) is -0.0764. The van der Waals surface area contributed by atoms with E-state index in [2.05, 4.69) is 9.97 Å². The molecule has 6 heteroatoms. The van der Waals surface area contributed by atoms with E-state index in [4.69, 9.17) is 21.4 Å². The molecule has 0 aliphatic carbocycles. The third kappa shape index (κ3) is 2.58. The highest BCUT2D eigenvalue weighted by Crippen LogP contribution is 2.31. The lowest BCUT2D eigenvalue weighted by Crippen LogP contribution is -2.08. The quantitative estimate of drug-likeness (QED) is 0.941. The molecule has 1 N–H and O–H groups in total. The van der Waals surface area contributed by atoms with Gasteiger partial charge in [-0.1, -0.05) is 11.6 Å². The summed E-state index contributed by atoms with van der Waals surface area (Å²) in [7, 11) is 1.53. The summed E-state index contributed by atoms with van der Waals surface area (Å²) < 4.78 is 5.26. The number of aromatic nitrogens is 2. The number of carboxylic acid groups (broad SMARTS) is 1. The molecule has 0 amide bonds. The van der Waals surface area contributed by atoms with Gasteiger partial charge in [0.1, 0.15) is 11.3 Å². The molecule has 1 aromatic carbocycles. The minimum Gasteiger partial charge on any atom is -0.496 e. The van der Waals surface area contributed by atoms with Gasteiger partial charge in [-0.15, -0.1) is 0 Å². The third-order valence-corrected chi connectivity index (χ3v) is 3.12. The third-order valence-electron chi connectivity index (χ3n) is 2.89. The number of methoxy groups -OCH3 is 1. The lowest BCUT2D eigenvalue weighted by molar-refractivity contribution is 0.0694. The van der Waals surface area contributed by atoms with E-state index in [1.54, 1.807) is 32.0 Å². The predicted octanol–water partition coefficient (Wildman–Crippen LogP) is 3.12. The molecule has 1 aromatic heterocycles. The molecule has 0 radical (unpaired) electrons. The van der Waals surface area contributed by atoms with Crippen LogP contribution in [-0.2, 0) is 0 Å². The Labute approximate surface area is 121 Å². The second kappa shape index (κ2) is 5.46. The van der Waals surface area contributed by atoms with Gasteiger partial charge in [-0.2, -0.15) is 0 Å². The zero-order chi connectivity index (χ0) is 14.9. The van der Waals surface area contributed by atoms with E-state index in [1.165, 1.54) is 7.11 Å². The van der Waals surface area contributed by atoms with Crippen molar-refractivity contribution in [2.45, 2.75) is 13.8 Å². The zero-order valence-corrected chi connectivity index (χ0v) is 12.0. The molecule has 1 heterocycles. The average Bonchev–Trinajstić information content (AvgIpc) is 2.37. The Morgan fingerprint density at radius 3 is 2.35 bits per heavy atom. The number of rotatable bonds is 3. The van der Waals surface area contributed by atoms with Crippen molar-refractivity contribution in [3.8, 4) is 17.1 Å². The average molecular weight is 293 g/mol. The Hall–Kier alpha value is -2.14. The predicted molar refractivity (Wildman–Crippen MR) is 75.5 cm³/mol. The molecule has 0 spiro atoms. The van der Waals surface area contributed by atoms with Crippen LogP contribution in [-0.4, -0.2) is 28.2 Å². The molecule has 2 aromatic rings. The summed E-state index contributed by atoms with van der Waals surface area (Å²) >= 11 is 5.91. The van der Waals surface area contributed by atoms with Crippen molar-refractivity contribution >= 4 is 17.6 Å². The molecule has 2 rings (SSSR count). The molecule has 0 saturated carbocycles. The van der Waals surface area contributed by atoms with Crippen LogP contribution in [0.4, 0.5) is 0 Å². The monoisotopic (exact) mass is 292 g/mol. The number of halogens is 1. The van der Waals surface area contributed by atoms with Crippen LogP contribution >= 0.6 is 11.6 Å². The number of carboxylic acids is 1. The Bertz CT molecular complexity index is 663. The van der Waals surface area contributed by atoms with Gasteiger partial charge in [0.2, 0.25) is 0 Å². The van der Waals surface area contributed by atoms with E-state index in [0.717, 1.165) is 0 Å². The highest BCUT2D eigenvalue weighted by Gasteiger charge is 2.17. The number of hydrogen-bond acceptors (Lipinski definition) is 4. The van der Waals surface area contributed by atoms with Crippen LogP contribution in [0.5, 0.6) is 5.75 Å². The summed E-state index contributed by atoms with van der Waals surface area (Å²) in [6.07, 6.45) is 0. The Morgan fingerprint density at radius 1 is 1.25 bits per heavy atom. The molecule has 0 fully saturated rings. The molecular weight excluding hydrogens is 280 g/mol. The van der Waals surface area contributed by atoms with E-state index < -0.39 is 5.97 Å². The van der Waals surface area contributed by atoms with Crippen LogP contribution in [0.15, 0.2) is 18.2 Å².